The third-order valence-corrected chi connectivity index (χ3v) is 5.38. The molecule has 2 fully saturated rings. The van der Waals surface area contributed by atoms with Crippen LogP contribution in [-0.4, -0.2) is 43.4 Å². The van der Waals surface area contributed by atoms with Gasteiger partial charge in [-0.25, -0.2) is 4.72 Å². The summed E-state index contributed by atoms with van der Waals surface area (Å²) in [5.74, 6) is -0.540. The number of hydrogen-bond donors (Lipinski definition) is 2. The standard InChI is InChI=1S/C11H20N2O4S/c1-9-3-2-6-13(7-9)18(16,17)12-8-11(4-5-11)10(14)15/h9,12H,2-8H2,1H3,(H,14,15). The molecule has 1 saturated heterocycles. The number of carboxylic acid groups (broad SMARTS) is 1. The number of hydrogen-bond acceptors (Lipinski definition) is 3. The summed E-state index contributed by atoms with van der Waals surface area (Å²) < 4.78 is 28.0. The normalized spacial score (nSPS) is 27.9. The first-order chi connectivity index (χ1) is 8.36. The molecule has 2 N–H and O–H groups in total. The van der Waals surface area contributed by atoms with Gasteiger partial charge in [-0.2, -0.15) is 12.7 Å². The van der Waals surface area contributed by atoms with Gasteiger partial charge in [0.05, 0.1) is 5.41 Å². The van der Waals surface area contributed by atoms with Gasteiger partial charge in [0.1, 0.15) is 0 Å². The van der Waals surface area contributed by atoms with Crippen molar-refractivity contribution in [3.63, 3.8) is 0 Å². The maximum absolute atomic E-state index is 12.1. The molecule has 1 aliphatic carbocycles. The molecule has 1 atom stereocenters. The summed E-state index contributed by atoms with van der Waals surface area (Å²) in [6.07, 6.45) is 3.03. The Morgan fingerprint density at radius 2 is 2.17 bits per heavy atom. The number of nitrogens with zero attached hydrogens (tertiary/aromatic N) is 1. The Hall–Kier alpha value is -0.660. The monoisotopic (exact) mass is 276 g/mol. The summed E-state index contributed by atoms with van der Waals surface area (Å²) in [7, 11) is -3.52. The molecule has 0 aromatic rings. The molecule has 2 aliphatic rings. The number of nitrogens with one attached hydrogen (secondary N) is 1. The van der Waals surface area contributed by atoms with Crippen LogP contribution in [0.25, 0.3) is 0 Å². The molecule has 104 valence electrons. The van der Waals surface area contributed by atoms with Gasteiger partial charge < -0.3 is 5.11 Å². The summed E-state index contributed by atoms with van der Waals surface area (Å²) in [6, 6.07) is 0. The lowest BCUT2D eigenvalue weighted by Gasteiger charge is -2.30. The molecular formula is C11H20N2O4S. The zero-order valence-electron chi connectivity index (χ0n) is 10.6. The van der Waals surface area contributed by atoms with Crippen molar-refractivity contribution < 1.29 is 18.3 Å². The molecule has 0 aromatic heterocycles. The molecule has 0 radical (unpaired) electrons. The van der Waals surface area contributed by atoms with Gasteiger partial charge in [-0.15, -0.1) is 0 Å². The molecule has 0 amide bonds. The van der Waals surface area contributed by atoms with E-state index in [9.17, 15) is 13.2 Å². The lowest BCUT2D eigenvalue weighted by molar-refractivity contribution is -0.143. The fourth-order valence-corrected chi connectivity index (χ4v) is 3.76. The predicted molar refractivity (Wildman–Crippen MR) is 66.2 cm³/mol. The summed E-state index contributed by atoms with van der Waals surface area (Å²) in [5.41, 5.74) is -0.853. The molecular weight excluding hydrogens is 256 g/mol. The van der Waals surface area contributed by atoms with Crippen LogP contribution in [0.15, 0.2) is 0 Å². The maximum atomic E-state index is 12.1. The van der Waals surface area contributed by atoms with E-state index in [0.29, 0.717) is 31.8 Å². The minimum absolute atomic E-state index is 0.00947. The highest BCUT2D eigenvalue weighted by Crippen LogP contribution is 2.45. The van der Waals surface area contributed by atoms with Gasteiger partial charge in [0, 0.05) is 19.6 Å². The highest BCUT2D eigenvalue weighted by Gasteiger charge is 2.50. The van der Waals surface area contributed by atoms with Crippen molar-refractivity contribution in [2.75, 3.05) is 19.6 Å². The van der Waals surface area contributed by atoms with Crippen molar-refractivity contribution in [3.05, 3.63) is 0 Å². The second-order valence-corrected chi connectivity index (χ2v) is 7.27. The van der Waals surface area contributed by atoms with Crippen molar-refractivity contribution in [3.8, 4) is 0 Å². The molecule has 1 unspecified atom stereocenters. The quantitative estimate of drug-likeness (QED) is 0.762. The van der Waals surface area contributed by atoms with Gasteiger partial charge in [-0.1, -0.05) is 6.92 Å². The summed E-state index contributed by atoms with van der Waals surface area (Å²) in [4.78, 5) is 11.0. The van der Waals surface area contributed by atoms with Crippen LogP contribution in [0.4, 0.5) is 0 Å². The van der Waals surface area contributed by atoms with Crippen molar-refractivity contribution in [1.29, 1.82) is 0 Å². The Balaban J connectivity index is 1.93. The molecule has 0 spiro atoms. The van der Waals surface area contributed by atoms with Crippen molar-refractivity contribution >= 4 is 16.2 Å². The zero-order valence-corrected chi connectivity index (χ0v) is 11.4. The fraction of sp³-hybridized carbons (Fsp3) is 0.909. The Morgan fingerprint density at radius 1 is 1.50 bits per heavy atom. The van der Waals surface area contributed by atoms with E-state index in [0.717, 1.165) is 12.8 Å². The van der Waals surface area contributed by atoms with E-state index in [4.69, 9.17) is 5.11 Å². The highest BCUT2D eigenvalue weighted by atomic mass is 32.2. The number of aliphatic carboxylic acids is 1. The molecule has 18 heavy (non-hydrogen) atoms. The van der Waals surface area contributed by atoms with E-state index in [1.165, 1.54) is 4.31 Å². The summed E-state index contributed by atoms with van der Waals surface area (Å²) in [6.45, 7) is 3.09. The van der Waals surface area contributed by atoms with Gasteiger partial charge in [0.15, 0.2) is 0 Å². The van der Waals surface area contributed by atoms with Gasteiger partial charge in [-0.3, -0.25) is 4.79 Å². The third-order valence-electron chi connectivity index (χ3n) is 3.86. The Bertz CT molecular complexity index is 430. The first-order valence-corrected chi connectivity index (χ1v) is 7.78. The van der Waals surface area contributed by atoms with Crippen molar-refractivity contribution in [2.24, 2.45) is 11.3 Å². The van der Waals surface area contributed by atoms with E-state index in [1.54, 1.807) is 0 Å². The smallest absolute Gasteiger partial charge is 0.310 e. The average Bonchev–Trinajstić information content (AvgIpc) is 3.07. The average molecular weight is 276 g/mol. The lowest BCUT2D eigenvalue weighted by Crippen LogP contribution is -2.47. The predicted octanol–water partition coefficient (Wildman–Crippen LogP) is 0.418. The van der Waals surface area contributed by atoms with Crippen LogP contribution in [0, 0.1) is 11.3 Å². The van der Waals surface area contributed by atoms with Gasteiger partial charge in [0.2, 0.25) is 0 Å². The second-order valence-electron chi connectivity index (χ2n) is 5.52. The Kier molecular flexibility index (Phi) is 3.66. The first-order valence-electron chi connectivity index (χ1n) is 6.34. The molecule has 0 bridgehead atoms. The number of rotatable bonds is 5. The van der Waals surface area contributed by atoms with Gasteiger partial charge >= 0.3 is 5.97 Å². The van der Waals surface area contributed by atoms with Crippen molar-refractivity contribution in [1.82, 2.24) is 9.03 Å². The molecule has 1 saturated carbocycles. The number of piperidine rings is 1. The van der Waals surface area contributed by atoms with E-state index >= 15 is 0 Å². The zero-order chi connectivity index (χ0) is 13.4. The summed E-state index contributed by atoms with van der Waals surface area (Å²) in [5, 5.41) is 9.00. The van der Waals surface area contributed by atoms with E-state index < -0.39 is 21.6 Å². The second kappa shape index (κ2) is 4.79. The molecule has 1 aliphatic heterocycles. The molecule has 0 aromatic carbocycles. The van der Waals surface area contributed by atoms with E-state index in [1.807, 2.05) is 6.92 Å². The van der Waals surface area contributed by atoms with E-state index in [-0.39, 0.29) is 6.54 Å². The summed E-state index contributed by atoms with van der Waals surface area (Å²) >= 11 is 0. The maximum Gasteiger partial charge on any atom is 0.310 e. The molecule has 6 nitrogen and oxygen atoms in total. The number of carbonyl (C=O) groups is 1. The third kappa shape index (κ3) is 2.84. The van der Waals surface area contributed by atoms with Crippen LogP contribution in [0.5, 0.6) is 0 Å². The lowest BCUT2D eigenvalue weighted by atomic mass is 10.0. The molecule has 1 heterocycles. The number of carboxylic acids is 1. The minimum atomic E-state index is -3.52. The van der Waals surface area contributed by atoms with E-state index in [2.05, 4.69) is 4.72 Å². The van der Waals surface area contributed by atoms with Gasteiger partial charge in [0.25, 0.3) is 10.2 Å². The van der Waals surface area contributed by atoms with Gasteiger partial charge in [-0.05, 0) is 31.6 Å². The molecule has 2 rings (SSSR count). The van der Waals surface area contributed by atoms with Crippen molar-refractivity contribution in [2.45, 2.75) is 32.6 Å². The van der Waals surface area contributed by atoms with Crippen LogP contribution in [0.3, 0.4) is 0 Å². The Morgan fingerprint density at radius 3 is 2.67 bits per heavy atom. The van der Waals surface area contributed by atoms with Crippen LogP contribution in [0.2, 0.25) is 0 Å². The largest absolute Gasteiger partial charge is 0.481 e. The first kappa shape index (κ1) is 13.8. The fourth-order valence-electron chi connectivity index (χ4n) is 2.30. The highest BCUT2D eigenvalue weighted by molar-refractivity contribution is 7.87. The Labute approximate surface area is 108 Å². The topological polar surface area (TPSA) is 86.7 Å². The minimum Gasteiger partial charge on any atom is -0.481 e. The molecule has 7 heteroatoms. The van der Waals surface area contributed by atoms with Crippen LogP contribution < -0.4 is 4.72 Å². The SMILES string of the molecule is CC1CCCN(S(=O)(=O)NCC2(C(=O)O)CC2)C1. The van der Waals surface area contributed by atoms with Crippen LogP contribution in [0.1, 0.15) is 32.6 Å². The van der Waals surface area contributed by atoms with Crippen LogP contribution >= 0.6 is 0 Å². The van der Waals surface area contributed by atoms with Crippen LogP contribution in [-0.2, 0) is 15.0 Å².